The van der Waals surface area contributed by atoms with Gasteiger partial charge in [0.05, 0.1) is 6.61 Å². The van der Waals surface area contributed by atoms with Crippen molar-refractivity contribution in [2.75, 3.05) is 6.61 Å². The summed E-state index contributed by atoms with van der Waals surface area (Å²) < 4.78 is 0. The van der Waals surface area contributed by atoms with Crippen molar-refractivity contribution in [3.63, 3.8) is 0 Å². The molecule has 4 atom stereocenters. The molecule has 0 aromatic heterocycles. The van der Waals surface area contributed by atoms with E-state index in [2.05, 4.69) is 0 Å². The Bertz CT molecular complexity index is 176. The van der Waals surface area contributed by atoms with Crippen molar-refractivity contribution in [1.29, 1.82) is 0 Å². The summed E-state index contributed by atoms with van der Waals surface area (Å²) in [5, 5.41) is 51.8. The second kappa shape index (κ2) is 7.37. The van der Waals surface area contributed by atoms with Crippen LogP contribution in [0.1, 0.15) is 0 Å². The van der Waals surface area contributed by atoms with Gasteiger partial charge in [0.2, 0.25) is 0 Å². The van der Waals surface area contributed by atoms with Crippen LogP contribution in [0, 0.1) is 0 Å². The normalized spacial score (nSPS) is 18.9. The third kappa shape index (κ3) is 4.53. The molecule has 0 unspecified atom stereocenters. The number of hydrogen-bond acceptors (Lipinski definition) is 6. The average molecular weight is 317 g/mol. The van der Waals surface area contributed by atoms with Gasteiger partial charge >= 0.3 is 29.9 Å². The molecule has 0 fully saturated rings. The topological polar surface area (TPSA) is 138 Å². The molecule has 0 aliphatic rings. The van der Waals surface area contributed by atoms with Crippen LogP contribution in [-0.4, -0.2) is 91.5 Å². The number of rotatable bonds is 5. The van der Waals surface area contributed by atoms with E-state index in [1.165, 1.54) is 0 Å². The Morgan fingerprint density at radius 2 is 1.50 bits per heavy atom. The monoisotopic (exact) mass is 318 g/mol. The zero-order valence-corrected chi connectivity index (χ0v) is 11.4. The molecule has 0 aromatic carbocycles. The Morgan fingerprint density at radius 1 is 1.07 bits per heavy atom. The van der Waals surface area contributed by atoms with Crippen molar-refractivity contribution < 1.29 is 35.4 Å². The first-order valence-electron chi connectivity index (χ1n) is 3.47. The first-order valence-corrected chi connectivity index (χ1v) is 3.47. The predicted octanol–water partition coefficient (Wildman–Crippen LogP) is -4.41. The first-order chi connectivity index (χ1) is 5.91. The third-order valence-electron chi connectivity index (χ3n) is 1.51. The number of carboxylic acids is 1. The van der Waals surface area contributed by atoms with E-state index in [9.17, 15) is 4.79 Å². The van der Waals surface area contributed by atoms with E-state index in [0.29, 0.717) is 0 Å². The number of carboxylic acid groups (broad SMARTS) is 1. The maximum absolute atomic E-state index is 10.1. The second-order valence-electron chi connectivity index (χ2n) is 2.51. The van der Waals surface area contributed by atoms with E-state index in [1.54, 1.807) is 0 Å². The molecule has 6 N–H and O–H groups in total. The van der Waals surface area contributed by atoms with Gasteiger partial charge in [0.1, 0.15) is 18.3 Å². The molecule has 0 aromatic rings. The Balaban J connectivity index is 0. The molecule has 2 radical (unpaired) electrons. The van der Waals surface area contributed by atoms with Crippen LogP contribution in [0.2, 0.25) is 0 Å². The SMILES string of the molecule is O=C(O)[C@H](O)[C@@H](O)[C@H](O)[C@H](O)CO.[SnH2]. The minimum atomic E-state index is -2.20. The van der Waals surface area contributed by atoms with E-state index in [0.717, 1.165) is 0 Å². The van der Waals surface area contributed by atoms with Crippen molar-refractivity contribution in [3.8, 4) is 0 Å². The average Bonchev–Trinajstić information content (AvgIpc) is 2.12. The van der Waals surface area contributed by atoms with Gasteiger partial charge in [0, 0.05) is 0 Å². The van der Waals surface area contributed by atoms with Gasteiger partial charge in [-0.3, -0.25) is 0 Å². The summed E-state index contributed by atoms with van der Waals surface area (Å²) in [4.78, 5) is 10.1. The number of carbonyl (C=O) groups is 1. The predicted molar refractivity (Wildman–Crippen MR) is 47.3 cm³/mol. The van der Waals surface area contributed by atoms with E-state index >= 15 is 0 Å². The quantitative estimate of drug-likeness (QED) is 0.281. The van der Waals surface area contributed by atoms with Crippen molar-refractivity contribution in [3.05, 3.63) is 0 Å². The van der Waals surface area contributed by atoms with Crippen LogP contribution in [0.5, 0.6) is 0 Å². The summed E-state index contributed by atoms with van der Waals surface area (Å²) in [6.07, 6.45) is -7.84. The van der Waals surface area contributed by atoms with Crippen LogP contribution >= 0.6 is 0 Å². The summed E-state index contributed by atoms with van der Waals surface area (Å²) in [6.45, 7) is -0.843. The molecule has 84 valence electrons. The minimum absolute atomic E-state index is 0. The van der Waals surface area contributed by atoms with Crippen LogP contribution < -0.4 is 0 Å². The molecule has 0 saturated carbocycles. The van der Waals surface area contributed by atoms with Crippen molar-refractivity contribution >= 4 is 29.9 Å². The van der Waals surface area contributed by atoms with E-state index in [1.807, 2.05) is 0 Å². The number of hydrogen-bond donors (Lipinski definition) is 6. The van der Waals surface area contributed by atoms with E-state index in [4.69, 9.17) is 30.6 Å². The fourth-order valence-electron chi connectivity index (χ4n) is 0.668. The van der Waals surface area contributed by atoms with Gasteiger partial charge in [0.25, 0.3) is 0 Å². The molecule has 0 spiro atoms. The molecular formula is C6H14O7Sn. The molecule has 0 aliphatic carbocycles. The Morgan fingerprint density at radius 3 is 1.79 bits per heavy atom. The van der Waals surface area contributed by atoms with Gasteiger partial charge in [-0.05, 0) is 0 Å². The van der Waals surface area contributed by atoms with Gasteiger partial charge < -0.3 is 30.6 Å². The van der Waals surface area contributed by atoms with Crippen LogP contribution in [0.25, 0.3) is 0 Å². The van der Waals surface area contributed by atoms with Crippen molar-refractivity contribution in [2.45, 2.75) is 24.4 Å². The first kappa shape index (κ1) is 16.5. The summed E-state index contributed by atoms with van der Waals surface area (Å²) in [5.41, 5.74) is 0. The summed E-state index contributed by atoms with van der Waals surface area (Å²) >= 11 is 0. The summed E-state index contributed by atoms with van der Waals surface area (Å²) in [6, 6.07) is 0. The molecule has 0 bridgehead atoms. The van der Waals surface area contributed by atoms with Crippen molar-refractivity contribution in [2.24, 2.45) is 0 Å². The van der Waals surface area contributed by atoms with Gasteiger partial charge in [-0.2, -0.15) is 0 Å². The number of aliphatic hydroxyl groups is 5. The van der Waals surface area contributed by atoms with Crippen molar-refractivity contribution in [1.82, 2.24) is 0 Å². The molecule has 14 heavy (non-hydrogen) atoms. The second-order valence-corrected chi connectivity index (χ2v) is 2.51. The molecule has 8 heteroatoms. The van der Waals surface area contributed by atoms with E-state index < -0.39 is 37.0 Å². The van der Waals surface area contributed by atoms with Gasteiger partial charge in [-0.1, -0.05) is 0 Å². The zero-order chi connectivity index (χ0) is 10.6. The van der Waals surface area contributed by atoms with Gasteiger partial charge in [0.15, 0.2) is 6.10 Å². The van der Waals surface area contributed by atoms with Crippen LogP contribution in [-0.2, 0) is 4.79 Å². The molecule has 0 aliphatic heterocycles. The number of aliphatic carboxylic acids is 1. The van der Waals surface area contributed by atoms with Gasteiger partial charge in [-0.25, -0.2) is 4.79 Å². The van der Waals surface area contributed by atoms with Crippen LogP contribution in [0.4, 0.5) is 0 Å². The maximum atomic E-state index is 10.1. The van der Waals surface area contributed by atoms with Crippen LogP contribution in [0.3, 0.4) is 0 Å². The van der Waals surface area contributed by atoms with E-state index in [-0.39, 0.29) is 23.9 Å². The zero-order valence-electron chi connectivity index (χ0n) is 7.32. The fraction of sp³-hybridized carbons (Fsp3) is 0.833. The molecule has 0 amide bonds. The Hall–Kier alpha value is 0.0687. The van der Waals surface area contributed by atoms with Crippen LogP contribution in [0.15, 0.2) is 0 Å². The molecule has 0 rings (SSSR count). The summed E-state index contributed by atoms with van der Waals surface area (Å²) in [5.74, 6) is -1.73. The standard InChI is InChI=1S/C6H12O7.Sn.2H/c7-1-2(8)3(9)4(10)5(11)6(12)13;;;/h2-5,7-11H,1H2,(H,12,13);;;/t2-,3-,4+,5-;;;/m1.../s1. The molecule has 0 saturated heterocycles. The Labute approximate surface area is 96.6 Å². The summed E-state index contributed by atoms with van der Waals surface area (Å²) in [7, 11) is 0. The number of aliphatic hydroxyl groups excluding tert-OH is 5. The third-order valence-corrected chi connectivity index (χ3v) is 1.51. The Kier molecular flexibility index (Phi) is 8.69. The molecular weight excluding hydrogens is 303 g/mol. The fourth-order valence-corrected chi connectivity index (χ4v) is 0.668. The van der Waals surface area contributed by atoms with Gasteiger partial charge in [-0.15, -0.1) is 0 Å². The molecule has 0 heterocycles. The molecule has 7 nitrogen and oxygen atoms in total.